The number of halogens is 1. The lowest BCUT2D eigenvalue weighted by molar-refractivity contribution is -0.151. The number of anilines is 3. The summed E-state index contributed by atoms with van der Waals surface area (Å²) in [7, 11) is -2.00. The number of amides is 3. The van der Waals surface area contributed by atoms with Crippen molar-refractivity contribution in [1.82, 2.24) is 10.2 Å². The highest BCUT2D eigenvalue weighted by atomic mass is 28.4. The standard InChI is InChI=1S/C47H54FN5O6Si/c1-31-43(60(3,4)48)41(26-42(55)50-28-34-11-9-8-10-33(34)24-37(50)29-54)59-47(31)39-25-38(58-2)18-19-40(39)51(45(47)57)27-32-14-16-35(17-15-32)52-30-53(36-12-6-5-7-13-36)46(44(52)56)20-22-49-23-21-46/h5-19,25,31,37,41,43,49,54H,20-24,26-30H2,1-4H3/t31-,37+,41+,43-,47+/m1/s1. The van der Waals surface area contributed by atoms with E-state index in [0.29, 0.717) is 49.5 Å². The Balaban J connectivity index is 0.999. The summed E-state index contributed by atoms with van der Waals surface area (Å²) in [5.41, 5.74) is 3.18. The zero-order valence-corrected chi connectivity index (χ0v) is 35.8. The average Bonchev–Trinajstić information content (AvgIpc) is 3.80. The molecule has 5 aliphatic heterocycles. The van der Waals surface area contributed by atoms with Crippen LogP contribution in [0, 0.1) is 5.92 Å². The minimum absolute atomic E-state index is 0.0893. The summed E-state index contributed by atoms with van der Waals surface area (Å²) in [4.78, 5) is 51.2. The summed E-state index contributed by atoms with van der Waals surface area (Å²) in [6.07, 6.45) is 0.977. The zero-order chi connectivity index (χ0) is 42.0. The van der Waals surface area contributed by atoms with Gasteiger partial charge in [-0.15, -0.1) is 0 Å². The molecule has 2 N–H and O–H groups in total. The summed E-state index contributed by atoms with van der Waals surface area (Å²) in [5.74, 6) is -0.503. The van der Waals surface area contributed by atoms with Gasteiger partial charge in [0.05, 0.1) is 51.2 Å². The fourth-order valence-corrected chi connectivity index (χ4v) is 13.5. The van der Waals surface area contributed by atoms with E-state index < -0.39 is 43.2 Å². The maximum Gasteiger partial charge on any atom is 0.264 e. The molecule has 11 nitrogen and oxygen atoms in total. The van der Waals surface area contributed by atoms with Crippen molar-refractivity contribution in [3.8, 4) is 5.75 Å². The van der Waals surface area contributed by atoms with Gasteiger partial charge in [0.1, 0.15) is 11.3 Å². The topological polar surface area (TPSA) is 115 Å². The third-order valence-corrected chi connectivity index (χ3v) is 16.4. The van der Waals surface area contributed by atoms with Crippen LogP contribution in [0.2, 0.25) is 18.6 Å². The SMILES string of the molecule is COc1ccc2c(c1)[C@]1(O[C@@H](CC(=O)N3Cc4ccccc4C[C@H]3CO)[C@H]([Si](C)(C)F)[C@H]1C)C(=O)N2Cc1ccc(N2CN(c3ccccc3)C3(CCNCC3)C2=O)cc1. The van der Waals surface area contributed by atoms with Crippen molar-refractivity contribution in [2.75, 3.05) is 48.2 Å². The summed E-state index contributed by atoms with van der Waals surface area (Å²) in [6, 6.07) is 30.9. The molecule has 0 aliphatic carbocycles. The smallest absolute Gasteiger partial charge is 0.264 e. The van der Waals surface area contributed by atoms with E-state index in [4.69, 9.17) is 9.47 Å². The Morgan fingerprint density at radius 1 is 0.933 bits per heavy atom. The molecule has 0 unspecified atom stereocenters. The van der Waals surface area contributed by atoms with Crippen LogP contribution in [0.5, 0.6) is 5.75 Å². The predicted octanol–water partition coefficient (Wildman–Crippen LogP) is 6.29. The maximum atomic E-state index is 16.7. The van der Waals surface area contributed by atoms with Gasteiger partial charge in [0.25, 0.3) is 11.8 Å². The largest absolute Gasteiger partial charge is 0.497 e. The van der Waals surface area contributed by atoms with Gasteiger partial charge in [0, 0.05) is 34.9 Å². The lowest BCUT2D eigenvalue weighted by Gasteiger charge is -2.39. The van der Waals surface area contributed by atoms with Crippen molar-refractivity contribution in [3.05, 3.63) is 119 Å². The zero-order valence-electron chi connectivity index (χ0n) is 34.8. The molecule has 0 saturated carbocycles. The van der Waals surface area contributed by atoms with E-state index in [1.807, 2.05) is 96.8 Å². The van der Waals surface area contributed by atoms with Crippen LogP contribution in [0.25, 0.3) is 0 Å². The molecule has 9 rings (SSSR count). The number of carbonyl (C=O) groups excluding carboxylic acids is 3. The Morgan fingerprint density at radius 2 is 1.63 bits per heavy atom. The van der Waals surface area contributed by atoms with E-state index in [-0.39, 0.29) is 37.3 Å². The molecule has 2 spiro atoms. The Bertz CT molecular complexity index is 2280. The van der Waals surface area contributed by atoms with E-state index in [1.54, 1.807) is 30.0 Å². The van der Waals surface area contributed by atoms with Crippen molar-refractivity contribution < 1.29 is 33.1 Å². The molecular weight excluding hydrogens is 778 g/mol. The van der Waals surface area contributed by atoms with Gasteiger partial charge in [-0.25, -0.2) is 0 Å². The van der Waals surface area contributed by atoms with Crippen LogP contribution in [0.1, 0.15) is 48.4 Å². The number of piperidine rings is 1. The molecule has 0 bridgehead atoms. The van der Waals surface area contributed by atoms with Crippen molar-refractivity contribution in [1.29, 1.82) is 0 Å². The number of aliphatic hydroxyl groups excluding tert-OH is 1. The first-order chi connectivity index (χ1) is 28.9. The number of nitrogens with one attached hydrogen (secondary N) is 1. The fourth-order valence-electron chi connectivity index (χ4n) is 11.0. The van der Waals surface area contributed by atoms with E-state index in [1.165, 1.54) is 0 Å². The number of carbonyl (C=O) groups is 3. The second-order valence-corrected chi connectivity index (χ2v) is 21.5. The normalized spacial score (nSPS) is 26.0. The molecule has 0 aromatic heterocycles. The summed E-state index contributed by atoms with van der Waals surface area (Å²) >= 11 is 0. The maximum absolute atomic E-state index is 16.7. The molecule has 5 aliphatic rings. The number of nitrogens with zero attached hydrogens (tertiary/aromatic N) is 4. The van der Waals surface area contributed by atoms with Crippen molar-refractivity contribution in [2.24, 2.45) is 5.92 Å². The third kappa shape index (κ3) is 6.52. The number of fused-ring (bicyclic) bond motifs is 3. The number of ether oxygens (including phenoxy) is 2. The van der Waals surface area contributed by atoms with E-state index >= 15 is 8.90 Å². The molecular formula is C47H54FN5O6Si. The van der Waals surface area contributed by atoms with Gasteiger partial charge in [-0.3, -0.25) is 19.3 Å². The third-order valence-electron chi connectivity index (χ3n) is 14.0. The van der Waals surface area contributed by atoms with Gasteiger partial charge >= 0.3 is 0 Å². The molecule has 3 amide bonds. The first kappa shape index (κ1) is 40.3. The van der Waals surface area contributed by atoms with Crippen LogP contribution in [0.15, 0.2) is 97.1 Å². The molecule has 13 heteroatoms. The number of para-hydroxylation sites is 1. The van der Waals surface area contributed by atoms with Gasteiger partial charge in [0.15, 0.2) is 5.60 Å². The van der Waals surface area contributed by atoms with E-state index in [0.717, 1.165) is 41.2 Å². The Morgan fingerprint density at radius 3 is 2.32 bits per heavy atom. The number of methoxy groups -OCH3 is 1. The predicted molar refractivity (Wildman–Crippen MR) is 231 cm³/mol. The summed E-state index contributed by atoms with van der Waals surface area (Å²) in [5, 5.41) is 13.8. The lowest BCUT2D eigenvalue weighted by atomic mass is 9.82. The van der Waals surface area contributed by atoms with Crippen LogP contribution < -0.4 is 24.8 Å². The van der Waals surface area contributed by atoms with Gasteiger partial charge < -0.3 is 38.7 Å². The molecule has 60 heavy (non-hydrogen) atoms. The molecule has 5 heterocycles. The second kappa shape index (κ2) is 15.4. The monoisotopic (exact) mass is 831 g/mol. The van der Waals surface area contributed by atoms with Crippen LogP contribution in [0.4, 0.5) is 21.2 Å². The molecule has 4 aromatic carbocycles. The number of hydrogen-bond acceptors (Lipinski definition) is 8. The molecule has 314 valence electrons. The number of aliphatic hydroxyl groups is 1. The van der Waals surface area contributed by atoms with Crippen molar-refractivity contribution >= 4 is 43.2 Å². The quantitative estimate of drug-likeness (QED) is 0.150. The van der Waals surface area contributed by atoms with Gasteiger partial charge in [-0.1, -0.05) is 61.5 Å². The first-order valence-electron chi connectivity index (χ1n) is 21.2. The van der Waals surface area contributed by atoms with Gasteiger partial charge in [-0.05, 0) is 105 Å². The second-order valence-electron chi connectivity index (χ2n) is 17.7. The van der Waals surface area contributed by atoms with E-state index in [9.17, 15) is 14.7 Å². The molecule has 3 fully saturated rings. The Labute approximate surface area is 352 Å². The number of benzene rings is 4. The van der Waals surface area contributed by atoms with Gasteiger partial charge in [-0.2, -0.15) is 0 Å². The number of rotatable bonds is 9. The first-order valence-corrected chi connectivity index (χ1v) is 24.1. The molecule has 5 atom stereocenters. The van der Waals surface area contributed by atoms with Crippen molar-refractivity contribution in [3.63, 3.8) is 0 Å². The van der Waals surface area contributed by atoms with E-state index in [2.05, 4.69) is 22.3 Å². The number of hydrogen-bond donors (Lipinski definition) is 2. The minimum Gasteiger partial charge on any atom is -0.497 e. The molecule has 3 saturated heterocycles. The Kier molecular flexibility index (Phi) is 10.4. The van der Waals surface area contributed by atoms with Gasteiger partial charge in [0.2, 0.25) is 14.3 Å². The molecule has 4 aromatic rings. The highest BCUT2D eigenvalue weighted by molar-refractivity contribution is 6.72. The minimum atomic E-state index is -3.56. The fraction of sp³-hybridized carbons (Fsp3) is 0.426. The Hall–Kier alpha value is -5.08. The van der Waals surface area contributed by atoms with Crippen LogP contribution in [-0.4, -0.2) is 87.3 Å². The summed E-state index contributed by atoms with van der Waals surface area (Å²) in [6.45, 7) is 7.48. The average molecular weight is 832 g/mol. The highest BCUT2D eigenvalue weighted by Gasteiger charge is 2.67. The van der Waals surface area contributed by atoms with Crippen molar-refractivity contribution in [2.45, 2.75) is 87.6 Å². The summed E-state index contributed by atoms with van der Waals surface area (Å²) < 4.78 is 29.3. The lowest BCUT2D eigenvalue weighted by Crippen LogP contribution is -2.55. The van der Waals surface area contributed by atoms with Crippen LogP contribution in [-0.2, 0) is 44.2 Å². The highest BCUT2D eigenvalue weighted by Crippen LogP contribution is 2.61. The van der Waals surface area contributed by atoms with Crippen LogP contribution >= 0.6 is 0 Å². The van der Waals surface area contributed by atoms with Crippen LogP contribution in [0.3, 0.4) is 0 Å². The molecule has 0 radical (unpaired) electrons.